The molecule has 0 bridgehead atoms. The summed E-state index contributed by atoms with van der Waals surface area (Å²) in [6.07, 6.45) is 5.54. The Morgan fingerprint density at radius 2 is 1.75 bits per heavy atom. The first-order chi connectivity index (χ1) is 5.41. The molecule has 0 saturated heterocycles. The van der Waals surface area contributed by atoms with Gasteiger partial charge in [0.2, 0.25) is 0 Å². The molecule has 0 atom stereocenters. The van der Waals surface area contributed by atoms with E-state index in [4.69, 9.17) is 5.11 Å². The van der Waals surface area contributed by atoms with Gasteiger partial charge in [-0.3, -0.25) is 4.98 Å². The molecule has 70 valence electrons. The van der Waals surface area contributed by atoms with Gasteiger partial charge in [0, 0.05) is 19.0 Å². The number of hydrogen-bond acceptors (Lipinski definition) is 2. The summed E-state index contributed by atoms with van der Waals surface area (Å²) in [5.41, 5.74) is 0. The van der Waals surface area contributed by atoms with Gasteiger partial charge in [-0.05, 0) is 18.6 Å². The molecule has 1 heterocycles. The van der Waals surface area contributed by atoms with E-state index in [0.29, 0.717) is 6.61 Å². The molecule has 1 aromatic heterocycles. The Morgan fingerprint density at radius 1 is 1.17 bits per heavy atom. The zero-order chi connectivity index (χ0) is 8.36. The van der Waals surface area contributed by atoms with Crippen molar-refractivity contribution in [2.24, 2.45) is 0 Å². The first-order valence-electron chi connectivity index (χ1n) is 3.87. The Hall–Kier alpha value is -0.600. The lowest BCUT2D eigenvalue weighted by atomic mass is 10.4. The van der Waals surface area contributed by atoms with Gasteiger partial charge in [-0.2, -0.15) is 0 Å². The average molecular weight is 190 g/mol. The van der Waals surface area contributed by atoms with E-state index in [9.17, 15) is 0 Å². The number of aliphatic hydroxyl groups is 1. The highest BCUT2D eigenvalue weighted by Gasteiger charge is 1.69. The van der Waals surface area contributed by atoms with Gasteiger partial charge in [0.05, 0.1) is 0 Å². The predicted octanol–water partition coefficient (Wildman–Crippen LogP) is 2.28. The third-order valence-corrected chi connectivity index (χ3v) is 1.08. The Morgan fingerprint density at radius 3 is 1.83 bits per heavy atom. The van der Waals surface area contributed by atoms with E-state index in [2.05, 4.69) is 11.9 Å². The molecule has 1 rings (SSSR count). The van der Waals surface area contributed by atoms with Gasteiger partial charge in [-0.1, -0.05) is 19.4 Å². The molecule has 12 heavy (non-hydrogen) atoms. The first kappa shape index (κ1) is 14.0. The minimum atomic E-state index is 0. The van der Waals surface area contributed by atoms with Crippen molar-refractivity contribution < 1.29 is 5.11 Å². The summed E-state index contributed by atoms with van der Waals surface area (Å²) >= 11 is 0. The molecule has 0 spiro atoms. The molecular formula is C9H16ClNO. The van der Waals surface area contributed by atoms with Crippen LogP contribution in [0.5, 0.6) is 0 Å². The molecule has 1 aromatic rings. The normalized spacial score (nSPS) is 7.50. The Bertz CT molecular complexity index is 118. The number of aromatic nitrogens is 1. The van der Waals surface area contributed by atoms with Gasteiger partial charge < -0.3 is 5.11 Å². The van der Waals surface area contributed by atoms with E-state index >= 15 is 0 Å². The van der Waals surface area contributed by atoms with Crippen molar-refractivity contribution in [3.05, 3.63) is 30.6 Å². The topological polar surface area (TPSA) is 33.1 Å². The molecule has 0 fully saturated rings. The van der Waals surface area contributed by atoms with Crippen molar-refractivity contribution in [2.75, 3.05) is 6.61 Å². The highest BCUT2D eigenvalue weighted by atomic mass is 35.5. The van der Waals surface area contributed by atoms with Gasteiger partial charge in [-0.25, -0.2) is 0 Å². The molecule has 0 saturated carbocycles. The maximum Gasteiger partial charge on any atom is 0.0430 e. The first-order valence-corrected chi connectivity index (χ1v) is 3.87. The SMILES string of the molecule is CCCCO.Cl.c1ccncc1. The van der Waals surface area contributed by atoms with Crippen molar-refractivity contribution in [3.63, 3.8) is 0 Å². The Labute approximate surface area is 80.1 Å². The zero-order valence-corrected chi connectivity index (χ0v) is 8.13. The number of unbranched alkanes of at least 4 members (excludes halogenated alkanes) is 1. The number of nitrogens with zero attached hydrogens (tertiary/aromatic N) is 1. The van der Waals surface area contributed by atoms with Crippen molar-refractivity contribution in [1.82, 2.24) is 4.98 Å². The minimum absolute atomic E-state index is 0. The van der Waals surface area contributed by atoms with Crippen LogP contribution < -0.4 is 0 Å². The lowest BCUT2D eigenvalue weighted by molar-refractivity contribution is 0.287. The summed E-state index contributed by atoms with van der Waals surface area (Å²) in [6, 6.07) is 5.72. The van der Waals surface area contributed by atoms with Gasteiger partial charge in [0.1, 0.15) is 0 Å². The van der Waals surface area contributed by atoms with Crippen LogP contribution in [0.4, 0.5) is 0 Å². The second-order valence-electron chi connectivity index (χ2n) is 2.10. The van der Waals surface area contributed by atoms with E-state index in [1.807, 2.05) is 18.2 Å². The summed E-state index contributed by atoms with van der Waals surface area (Å²) in [4.78, 5) is 3.78. The van der Waals surface area contributed by atoms with Crippen LogP contribution in [0.2, 0.25) is 0 Å². The maximum absolute atomic E-state index is 8.07. The highest BCUT2D eigenvalue weighted by Crippen LogP contribution is 1.78. The van der Waals surface area contributed by atoms with E-state index in [1.54, 1.807) is 12.4 Å². The molecule has 0 radical (unpaired) electrons. The molecule has 2 nitrogen and oxygen atoms in total. The second kappa shape index (κ2) is 13.0. The molecule has 0 aliphatic heterocycles. The number of pyridine rings is 1. The van der Waals surface area contributed by atoms with Crippen molar-refractivity contribution in [3.8, 4) is 0 Å². The fourth-order valence-corrected chi connectivity index (χ4v) is 0.471. The van der Waals surface area contributed by atoms with Crippen LogP contribution >= 0.6 is 12.4 Å². The summed E-state index contributed by atoms with van der Waals surface area (Å²) in [7, 11) is 0. The van der Waals surface area contributed by atoms with Crippen LogP contribution in [0.3, 0.4) is 0 Å². The van der Waals surface area contributed by atoms with Crippen molar-refractivity contribution in [1.29, 1.82) is 0 Å². The number of rotatable bonds is 2. The third kappa shape index (κ3) is 12.1. The summed E-state index contributed by atoms with van der Waals surface area (Å²) in [5, 5.41) is 8.07. The van der Waals surface area contributed by atoms with Crippen LogP contribution in [0, 0.1) is 0 Å². The Balaban J connectivity index is 0. The van der Waals surface area contributed by atoms with Crippen LogP contribution in [0.1, 0.15) is 19.8 Å². The Kier molecular flexibility index (Phi) is 15.1. The highest BCUT2D eigenvalue weighted by molar-refractivity contribution is 5.85. The molecule has 1 N–H and O–H groups in total. The molecule has 3 heteroatoms. The van der Waals surface area contributed by atoms with Crippen LogP contribution in [-0.2, 0) is 0 Å². The number of aliphatic hydroxyl groups excluding tert-OH is 1. The monoisotopic (exact) mass is 189 g/mol. The quantitative estimate of drug-likeness (QED) is 0.775. The van der Waals surface area contributed by atoms with Crippen molar-refractivity contribution in [2.45, 2.75) is 19.8 Å². The minimum Gasteiger partial charge on any atom is -0.396 e. The molecule has 0 amide bonds. The molecular weight excluding hydrogens is 174 g/mol. The largest absolute Gasteiger partial charge is 0.396 e. The van der Waals surface area contributed by atoms with Crippen LogP contribution in [0.15, 0.2) is 30.6 Å². The smallest absolute Gasteiger partial charge is 0.0430 e. The molecule has 0 unspecified atom stereocenters. The third-order valence-electron chi connectivity index (χ3n) is 1.08. The lowest BCUT2D eigenvalue weighted by Gasteiger charge is -1.79. The van der Waals surface area contributed by atoms with Gasteiger partial charge in [0.15, 0.2) is 0 Å². The molecule has 0 aliphatic rings. The number of hydrogen-bond donors (Lipinski definition) is 1. The fraction of sp³-hybridized carbons (Fsp3) is 0.444. The van der Waals surface area contributed by atoms with Gasteiger partial charge >= 0.3 is 0 Å². The van der Waals surface area contributed by atoms with E-state index in [1.165, 1.54) is 0 Å². The average Bonchev–Trinajstić information content (AvgIpc) is 2.10. The van der Waals surface area contributed by atoms with E-state index < -0.39 is 0 Å². The summed E-state index contributed by atoms with van der Waals surface area (Å²) < 4.78 is 0. The lowest BCUT2D eigenvalue weighted by Crippen LogP contribution is -1.75. The summed E-state index contributed by atoms with van der Waals surface area (Å²) in [6.45, 7) is 2.40. The zero-order valence-electron chi connectivity index (χ0n) is 7.31. The maximum atomic E-state index is 8.07. The van der Waals surface area contributed by atoms with Gasteiger partial charge in [-0.15, -0.1) is 12.4 Å². The van der Waals surface area contributed by atoms with Crippen molar-refractivity contribution >= 4 is 12.4 Å². The molecule has 0 aliphatic carbocycles. The van der Waals surface area contributed by atoms with E-state index in [0.717, 1.165) is 12.8 Å². The fourth-order valence-electron chi connectivity index (χ4n) is 0.471. The van der Waals surface area contributed by atoms with Crippen LogP contribution in [-0.4, -0.2) is 16.7 Å². The predicted molar refractivity (Wildman–Crippen MR) is 53.5 cm³/mol. The summed E-state index contributed by atoms with van der Waals surface area (Å²) in [5.74, 6) is 0. The second-order valence-corrected chi connectivity index (χ2v) is 2.10. The van der Waals surface area contributed by atoms with Gasteiger partial charge in [0.25, 0.3) is 0 Å². The van der Waals surface area contributed by atoms with E-state index in [-0.39, 0.29) is 12.4 Å². The molecule has 0 aromatic carbocycles. The van der Waals surface area contributed by atoms with Crippen LogP contribution in [0.25, 0.3) is 0 Å². The standard InChI is InChI=1S/C5H5N.C4H10O.ClH/c1-2-4-6-5-3-1;1-2-3-4-5;/h1-5H;5H,2-4H2,1H3;1H. The number of halogens is 1.